The second-order valence-corrected chi connectivity index (χ2v) is 3.69. The summed E-state index contributed by atoms with van der Waals surface area (Å²) in [5.74, 6) is 0.672. The highest BCUT2D eigenvalue weighted by atomic mass is 15.5. The predicted molar refractivity (Wildman–Crippen MR) is 47.9 cm³/mol. The zero-order valence-electron chi connectivity index (χ0n) is 7.89. The van der Waals surface area contributed by atoms with E-state index in [-0.39, 0.29) is 0 Å². The molecule has 1 heterocycles. The van der Waals surface area contributed by atoms with E-state index in [0.717, 1.165) is 6.54 Å². The Hall–Kier alpha value is -0.500. The number of nitrogens with one attached hydrogen (secondary N) is 1. The van der Waals surface area contributed by atoms with E-state index in [1.165, 1.54) is 5.57 Å². The molecule has 0 radical (unpaired) electrons. The highest BCUT2D eigenvalue weighted by Crippen LogP contribution is 2.15. The van der Waals surface area contributed by atoms with Crippen molar-refractivity contribution in [1.82, 2.24) is 10.4 Å². The van der Waals surface area contributed by atoms with Crippen molar-refractivity contribution in [1.29, 1.82) is 0 Å². The molecule has 2 nitrogen and oxygen atoms in total. The van der Waals surface area contributed by atoms with Crippen molar-refractivity contribution < 1.29 is 0 Å². The van der Waals surface area contributed by atoms with Crippen LogP contribution in [0.3, 0.4) is 0 Å². The van der Waals surface area contributed by atoms with Crippen molar-refractivity contribution in [3.05, 3.63) is 11.8 Å². The van der Waals surface area contributed by atoms with Gasteiger partial charge in [-0.1, -0.05) is 13.8 Å². The van der Waals surface area contributed by atoms with Gasteiger partial charge in [0.2, 0.25) is 0 Å². The molecule has 0 aromatic rings. The first-order chi connectivity index (χ1) is 5.11. The Morgan fingerprint density at radius 3 is 2.27 bits per heavy atom. The van der Waals surface area contributed by atoms with E-state index in [1.54, 1.807) is 0 Å². The number of hydrogen-bond donors (Lipinski definition) is 1. The summed E-state index contributed by atoms with van der Waals surface area (Å²) in [5.41, 5.74) is 4.83. The van der Waals surface area contributed by atoms with E-state index >= 15 is 0 Å². The first kappa shape index (κ1) is 8.60. The van der Waals surface area contributed by atoms with Crippen LogP contribution in [0.1, 0.15) is 27.7 Å². The molecule has 11 heavy (non-hydrogen) atoms. The summed E-state index contributed by atoms with van der Waals surface area (Å²) >= 11 is 0. The molecule has 64 valence electrons. The molecule has 0 aromatic carbocycles. The predicted octanol–water partition coefficient (Wildman–Crippen LogP) is 1.75. The third-order valence-electron chi connectivity index (χ3n) is 2.07. The topological polar surface area (TPSA) is 15.3 Å². The Bertz CT molecular complexity index is 159. The maximum atomic E-state index is 3.33. The molecule has 1 N–H and O–H groups in total. The Morgan fingerprint density at radius 1 is 1.36 bits per heavy atom. The van der Waals surface area contributed by atoms with Gasteiger partial charge in [0.15, 0.2) is 0 Å². The van der Waals surface area contributed by atoms with Crippen molar-refractivity contribution in [3.63, 3.8) is 0 Å². The lowest BCUT2D eigenvalue weighted by atomic mass is 10.1. The van der Waals surface area contributed by atoms with Gasteiger partial charge in [-0.25, -0.2) is 5.43 Å². The SMILES string of the molecule is CC(C)C1=CN(C(C)C)NC1. The Kier molecular flexibility index (Phi) is 2.55. The minimum atomic E-state index is 0.561. The summed E-state index contributed by atoms with van der Waals surface area (Å²) in [6.45, 7) is 9.87. The lowest BCUT2D eigenvalue weighted by Crippen LogP contribution is -2.34. The molecule has 0 fully saturated rings. The second-order valence-electron chi connectivity index (χ2n) is 3.69. The molecule has 0 bridgehead atoms. The average Bonchev–Trinajstić information content (AvgIpc) is 2.33. The standard InChI is InChI=1S/C9H18N2/c1-7(2)9-5-10-11(6-9)8(3)4/h6-8,10H,5H2,1-4H3. The smallest absolute Gasteiger partial charge is 0.0391 e. The van der Waals surface area contributed by atoms with E-state index in [1.807, 2.05) is 0 Å². The van der Waals surface area contributed by atoms with E-state index in [9.17, 15) is 0 Å². The van der Waals surface area contributed by atoms with Crippen molar-refractivity contribution in [2.45, 2.75) is 33.7 Å². The molecule has 0 saturated carbocycles. The van der Waals surface area contributed by atoms with Gasteiger partial charge < -0.3 is 5.01 Å². The Morgan fingerprint density at radius 2 is 2.00 bits per heavy atom. The van der Waals surface area contributed by atoms with Crippen LogP contribution in [0, 0.1) is 5.92 Å². The van der Waals surface area contributed by atoms with Crippen LogP contribution in [0.25, 0.3) is 0 Å². The van der Waals surface area contributed by atoms with Crippen LogP contribution >= 0.6 is 0 Å². The fraction of sp³-hybridized carbons (Fsp3) is 0.778. The second kappa shape index (κ2) is 3.26. The zero-order valence-corrected chi connectivity index (χ0v) is 7.89. The molecule has 0 amide bonds. The Labute approximate surface area is 69.2 Å². The van der Waals surface area contributed by atoms with Gasteiger partial charge in [-0.05, 0) is 25.3 Å². The molecule has 0 saturated heterocycles. The first-order valence-electron chi connectivity index (χ1n) is 4.33. The van der Waals surface area contributed by atoms with E-state index < -0.39 is 0 Å². The summed E-state index contributed by atoms with van der Waals surface area (Å²) < 4.78 is 0. The monoisotopic (exact) mass is 154 g/mol. The van der Waals surface area contributed by atoms with Crippen LogP contribution in [0.5, 0.6) is 0 Å². The summed E-state index contributed by atoms with van der Waals surface area (Å²) in [5, 5.41) is 2.18. The number of hydrogen-bond acceptors (Lipinski definition) is 2. The lowest BCUT2D eigenvalue weighted by Gasteiger charge is -2.19. The van der Waals surface area contributed by atoms with Crippen LogP contribution in [0.15, 0.2) is 11.8 Å². The summed E-state index contributed by atoms with van der Waals surface area (Å²) in [7, 11) is 0. The zero-order chi connectivity index (χ0) is 8.43. The fourth-order valence-corrected chi connectivity index (χ4v) is 1.14. The largest absolute Gasteiger partial charge is 0.313 e. The quantitative estimate of drug-likeness (QED) is 0.652. The number of nitrogens with zero attached hydrogens (tertiary/aromatic N) is 1. The number of rotatable bonds is 2. The van der Waals surface area contributed by atoms with E-state index in [0.29, 0.717) is 12.0 Å². The van der Waals surface area contributed by atoms with Gasteiger partial charge in [-0.3, -0.25) is 0 Å². The van der Waals surface area contributed by atoms with Gasteiger partial charge in [-0.2, -0.15) is 0 Å². The summed E-state index contributed by atoms with van der Waals surface area (Å²) in [6, 6.07) is 0.561. The molecule has 1 aliphatic heterocycles. The minimum absolute atomic E-state index is 0.561. The summed E-state index contributed by atoms with van der Waals surface area (Å²) in [4.78, 5) is 0. The van der Waals surface area contributed by atoms with E-state index in [2.05, 4.69) is 44.3 Å². The molecule has 0 unspecified atom stereocenters. The van der Waals surface area contributed by atoms with Crippen molar-refractivity contribution in [2.75, 3.05) is 6.54 Å². The van der Waals surface area contributed by atoms with Crippen LogP contribution in [-0.2, 0) is 0 Å². The molecule has 0 spiro atoms. The molecule has 0 atom stereocenters. The maximum Gasteiger partial charge on any atom is 0.0391 e. The minimum Gasteiger partial charge on any atom is -0.313 e. The van der Waals surface area contributed by atoms with Gasteiger partial charge >= 0.3 is 0 Å². The van der Waals surface area contributed by atoms with Gasteiger partial charge in [0.25, 0.3) is 0 Å². The highest BCUT2D eigenvalue weighted by Gasteiger charge is 2.15. The average molecular weight is 154 g/mol. The molecular weight excluding hydrogens is 136 g/mol. The van der Waals surface area contributed by atoms with E-state index in [4.69, 9.17) is 0 Å². The lowest BCUT2D eigenvalue weighted by molar-refractivity contribution is 0.250. The summed E-state index contributed by atoms with van der Waals surface area (Å²) in [6.07, 6.45) is 2.23. The highest BCUT2D eigenvalue weighted by molar-refractivity contribution is 5.10. The van der Waals surface area contributed by atoms with Gasteiger partial charge in [0.05, 0.1) is 0 Å². The Balaban J connectivity index is 2.54. The van der Waals surface area contributed by atoms with Crippen LogP contribution in [0.4, 0.5) is 0 Å². The van der Waals surface area contributed by atoms with Crippen LogP contribution in [-0.4, -0.2) is 17.6 Å². The third-order valence-corrected chi connectivity index (χ3v) is 2.07. The van der Waals surface area contributed by atoms with Gasteiger partial charge in [-0.15, -0.1) is 0 Å². The van der Waals surface area contributed by atoms with Crippen molar-refractivity contribution >= 4 is 0 Å². The molecular formula is C9H18N2. The molecule has 0 aromatic heterocycles. The van der Waals surface area contributed by atoms with Gasteiger partial charge in [0.1, 0.15) is 0 Å². The first-order valence-corrected chi connectivity index (χ1v) is 4.33. The normalized spacial score (nSPS) is 18.4. The van der Waals surface area contributed by atoms with Crippen molar-refractivity contribution in [2.24, 2.45) is 5.92 Å². The molecule has 1 aliphatic rings. The molecule has 1 rings (SSSR count). The third kappa shape index (κ3) is 1.96. The number of hydrazine groups is 1. The fourth-order valence-electron chi connectivity index (χ4n) is 1.14. The van der Waals surface area contributed by atoms with Crippen LogP contribution < -0.4 is 5.43 Å². The molecule has 2 heteroatoms. The van der Waals surface area contributed by atoms with Crippen molar-refractivity contribution in [3.8, 4) is 0 Å². The maximum absolute atomic E-state index is 3.33. The molecule has 0 aliphatic carbocycles. The van der Waals surface area contributed by atoms with Gasteiger partial charge in [0, 0.05) is 18.8 Å². The van der Waals surface area contributed by atoms with Crippen LogP contribution in [0.2, 0.25) is 0 Å².